The number of fused-ring (bicyclic) bond motifs is 1. The number of piperidine rings is 1. The maximum atomic E-state index is 11.5. The molecule has 0 aliphatic carbocycles. The van der Waals surface area contributed by atoms with Crippen LogP contribution in [0.4, 0.5) is 0 Å². The summed E-state index contributed by atoms with van der Waals surface area (Å²) in [7, 11) is -1.30. The predicted molar refractivity (Wildman–Crippen MR) is 78.8 cm³/mol. The summed E-state index contributed by atoms with van der Waals surface area (Å²) in [6, 6.07) is 3.89. The fraction of sp³-hybridized carbons (Fsp3) is 0.643. The van der Waals surface area contributed by atoms with Crippen molar-refractivity contribution in [1.29, 1.82) is 0 Å². The number of pyridine rings is 1. The minimum absolute atomic E-state index is 0.0525. The SMILES string of the molecule is CC(C[C@@H]1c2ncccc2OC12CCNCC2)S(N)=O. The highest BCUT2D eigenvalue weighted by Gasteiger charge is 2.50. The van der Waals surface area contributed by atoms with Gasteiger partial charge in [-0.3, -0.25) is 10.1 Å². The lowest BCUT2D eigenvalue weighted by Crippen LogP contribution is -2.48. The molecule has 2 aliphatic heterocycles. The van der Waals surface area contributed by atoms with E-state index < -0.39 is 11.0 Å². The Bertz CT molecular complexity index is 517. The van der Waals surface area contributed by atoms with E-state index in [4.69, 9.17) is 9.88 Å². The lowest BCUT2D eigenvalue weighted by molar-refractivity contribution is 0.0327. The number of nitrogens with zero attached hydrogens (tertiary/aromatic N) is 1. The van der Waals surface area contributed by atoms with Crippen LogP contribution in [-0.2, 0) is 11.0 Å². The van der Waals surface area contributed by atoms with Crippen molar-refractivity contribution in [3.05, 3.63) is 24.0 Å². The molecule has 3 atom stereocenters. The van der Waals surface area contributed by atoms with Crippen molar-refractivity contribution in [2.75, 3.05) is 13.1 Å². The number of hydrogen-bond donors (Lipinski definition) is 2. The summed E-state index contributed by atoms with van der Waals surface area (Å²) >= 11 is 0. The molecule has 6 heteroatoms. The first kappa shape index (κ1) is 14.0. The van der Waals surface area contributed by atoms with Gasteiger partial charge < -0.3 is 10.1 Å². The summed E-state index contributed by atoms with van der Waals surface area (Å²) in [5.74, 6) is 1.07. The van der Waals surface area contributed by atoms with E-state index in [1.54, 1.807) is 6.20 Å². The maximum absolute atomic E-state index is 11.5. The summed E-state index contributed by atoms with van der Waals surface area (Å²) in [6.07, 6.45) is 4.47. The quantitative estimate of drug-likeness (QED) is 0.875. The normalized spacial score (nSPS) is 26.8. The van der Waals surface area contributed by atoms with Gasteiger partial charge in [-0.25, -0.2) is 4.21 Å². The molecule has 0 bridgehead atoms. The van der Waals surface area contributed by atoms with E-state index >= 15 is 0 Å². The van der Waals surface area contributed by atoms with Crippen molar-refractivity contribution in [2.45, 2.75) is 43.0 Å². The van der Waals surface area contributed by atoms with Crippen LogP contribution in [0.1, 0.15) is 37.8 Å². The van der Waals surface area contributed by atoms with Gasteiger partial charge in [0.15, 0.2) is 0 Å². The van der Waals surface area contributed by atoms with Gasteiger partial charge in [-0.15, -0.1) is 0 Å². The van der Waals surface area contributed by atoms with E-state index in [0.29, 0.717) is 0 Å². The van der Waals surface area contributed by atoms with E-state index in [1.807, 2.05) is 19.1 Å². The zero-order valence-electron chi connectivity index (χ0n) is 11.7. The third-order valence-corrected chi connectivity index (χ3v) is 5.48. The van der Waals surface area contributed by atoms with Crippen molar-refractivity contribution in [1.82, 2.24) is 10.3 Å². The zero-order valence-corrected chi connectivity index (χ0v) is 12.5. The number of rotatable bonds is 3. The predicted octanol–water partition coefficient (Wildman–Crippen LogP) is 1.08. The van der Waals surface area contributed by atoms with Crippen LogP contribution in [-0.4, -0.2) is 33.1 Å². The van der Waals surface area contributed by atoms with Crippen LogP contribution < -0.4 is 15.2 Å². The molecule has 20 heavy (non-hydrogen) atoms. The van der Waals surface area contributed by atoms with Gasteiger partial charge in [-0.05, 0) is 38.6 Å². The number of hydrogen-bond acceptors (Lipinski definition) is 4. The Balaban J connectivity index is 1.93. The first-order valence-electron chi connectivity index (χ1n) is 7.12. The lowest BCUT2D eigenvalue weighted by Gasteiger charge is -2.38. The average molecular weight is 295 g/mol. The molecular weight excluding hydrogens is 274 g/mol. The Kier molecular flexibility index (Phi) is 3.79. The van der Waals surface area contributed by atoms with Gasteiger partial charge in [-0.1, -0.05) is 0 Å². The highest BCUT2D eigenvalue weighted by Crippen LogP contribution is 2.50. The third kappa shape index (κ3) is 2.36. The topological polar surface area (TPSA) is 77.2 Å². The third-order valence-electron chi connectivity index (χ3n) is 4.49. The van der Waals surface area contributed by atoms with Gasteiger partial charge >= 0.3 is 0 Å². The van der Waals surface area contributed by atoms with Crippen molar-refractivity contribution in [2.24, 2.45) is 5.14 Å². The van der Waals surface area contributed by atoms with E-state index in [9.17, 15) is 4.21 Å². The van der Waals surface area contributed by atoms with Gasteiger partial charge in [0.05, 0.1) is 16.7 Å². The minimum Gasteiger partial charge on any atom is -0.485 e. The molecule has 110 valence electrons. The van der Waals surface area contributed by atoms with Crippen molar-refractivity contribution in [3.8, 4) is 5.75 Å². The Morgan fingerprint density at radius 1 is 1.60 bits per heavy atom. The fourth-order valence-corrected chi connectivity index (χ4v) is 3.73. The summed E-state index contributed by atoms with van der Waals surface area (Å²) in [6.45, 7) is 3.83. The molecule has 0 aromatic carbocycles. The van der Waals surface area contributed by atoms with Crippen molar-refractivity contribution < 1.29 is 8.95 Å². The first-order valence-corrected chi connectivity index (χ1v) is 8.40. The smallest absolute Gasteiger partial charge is 0.142 e. The highest BCUT2D eigenvalue weighted by atomic mass is 32.2. The second-order valence-corrected chi connectivity index (χ2v) is 7.19. The molecular formula is C14H21N3O2S. The molecule has 5 nitrogen and oxygen atoms in total. The second-order valence-electron chi connectivity index (χ2n) is 5.73. The van der Waals surface area contributed by atoms with Crippen molar-refractivity contribution in [3.63, 3.8) is 0 Å². The molecule has 1 aromatic rings. The molecule has 2 unspecified atom stereocenters. The highest BCUT2D eigenvalue weighted by molar-refractivity contribution is 7.83. The Morgan fingerprint density at radius 2 is 2.35 bits per heavy atom. The number of ether oxygens (including phenoxy) is 1. The maximum Gasteiger partial charge on any atom is 0.142 e. The van der Waals surface area contributed by atoms with Gasteiger partial charge in [0, 0.05) is 30.2 Å². The molecule has 3 heterocycles. The van der Waals surface area contributed by atoms with Gasteiger partial charge in [0.25, 0.3) is 0 Å². The Morgan fingerprint density at radius 3 is 3.05 bits per heavy atom. The van der Waals surface area contributed by atoms with Crippen LogP contribution in [0, 0.1) is 0 Å². The van der Waals surface area contributed by atoms with Crippen LogP contribution in [0.15, 0.2) is 18.3 Å². The standard InChI is InChI=1S/C14H21N3O2S/c1-10(20(15)18)9-11-13-12(3-2-6-17-13)19-14(11)4-7-16-8-5-14/h2-3,6,10-11,16H,4-5,7-9,15H2,1H3/t10?,11-,20?/m1/s1. The summed E-state index contributed by atoms with van der Waals surface area (Å²) in [5.41, 5.74) is 0.807. The first-order chi connectivity index (χ1) is 9.62. The van der Waals surface area contributed by atoms with E-state index in [2.05, 4.69) is 10.3 Å². The molecule has 3 rings (SSSR count). The van der Waals surface area contributed by atoms with Gasteiger partial charge in [0.2, 0.25) is 0 Å². The summed E-state index contributed by atoms with van der Waals surface area (Å²) in [5, 5.41) is 8.87. The van der Waals surface area contributed by atoms with Crippen LogP contribution in [0.5, 0.6) is 5.75 Å². The number of nitrogens with two attached hydrogens (primary N) is 1. The monoisotopic (exact) mass is 295 g/mol. The number of nitrogens with one attached hydrogen (secondary N) is 1. The number of aromatic nitrogens is 1. The van der Waals surface area contributed by atoms with Crippen molar-refractivity contribution >= 4 is 11.0 Å². The van der Waals surface area contributed by atoms with E-state index in [-0.39, 0.29) is 16.8 Å². The van der Waals surface area contributed by atoms with Crippen LogP contribution in [0.25, 0.3) is 0 Å². The van der Waals surface area contributed by atoms with Crippen LogP contribution in [0.2, 0.25) is 0 Å². The Labute approximate surface area is 121 Å². The Hall–Kier alpha value is -0.980. The van der Waals surface area contributed by atoms with E-state index in [0.717, 1.165) is 43.8 Å². The molecule has 0 saturated carbocycles. The lowest BCUT2D eigenvalue weighted by atomic mass is 9.77. The molecule has 0 radical (unpaired) electrons. The zero-order chi connectivity index (χ0) is 14.2. The average Bonchev–Trinajstić information content (AvgIpc) is 2.73. The summed E-state index contributed by atoms with van der Waals surface area (Å²) in [4.78, 5) is 4.52. The minimum atomic E-state index is -1.30. The fourth-order valence-electron chi connectivity index (χ4n) is 3.34. The second kappa shape index (κ2) is 5.42. The molecule has 1 spiro atoms. The molecule has 1 fully saturated rings. The molecule has 2 aliphatic rings. The van der Waals surface area contributed by atoms with Crippen LogP contribution in [0.3, 0.4) is 0 Å². The largest absolute Gasteiger partial charge is 0.485 e. The summed E-state index contributed by atoms with van der Waals surface area (Å²) < 4.78 is 17.8. The van der Waals surface area contributed by atoms with Gasteiger partial charge in [0.1, 0.15) is 11.4 Å². The molecule has 3 N–H and O–H groups in total. The molecule has 1 saturated heterocycles. The van der Waals surface area contributed by atoms with E-state index in [1.165, 1.54) is 0 Å². The van der Waals surface area contributed by atoms with Gasteiger partial charge in [-0.2, -0.15) is 0 Å². The molecule has 1 aromatic heterocycles. The molecule has 0 amide bonds. The van der Waals surface area contributed by atoms with Crippen LogP contribution >= 0.6 is 0 Å².